The van der Waals surface area contributed by atoms with Crippen molar-refractivity contribution in [2.75, 3.05) is 26.8 Å². The zero-order valence-electron chi connectivity index (χ0n) is 21.5. The van der Waals surface area contributed by atoms with Crippen LogP contribution in [0, 0.1) is 11.3 Å². The molecule has 1 aromatic carbocycles. The van der Waals surface area contributed by atoms with E-state index < -0.39 is 5.41 Å². The summed E-state index contributed by atoms with van der Waals surface area (Å²) in [5.74, 6) is 1.33. The van der Waals surface area contributed by atoms with Gasteiger partial charge in [-0.25, -0.2) is 5.01 Å². The van der Waals surface area contributed by atoms with Gasteiger partial charge < -0.3 is 24.6 Å². The highest BCUT2D eigenvalue weighted by Gasteiger charge is 2.47. The van der Waals surface area contributed by atoms with Crippen molar-refractivity contribution < 1.29 is 29.3 Å². The molecule has 0 unspecified atom stereocenters. The third-order valence-electron chi connectivity index (χ3n) is 7.54. The Morgan fingerprint density at radius 2 is 1.73 bits per heavy atom. The van der Waals surface area contributed by atoms with Crippen LogP contribution in [0.1, 0.15) is 45.1 Å². The molecule has 1 aromatic heterocycles. The molecule has 2 N–H and O–H groups in total. The normalized spacial score (nSPS) is 19.8. The number of carbonyl (C=O) groups excluding carboxylic acids is 2. The highest BCUT2D eigenvalue weighted by atomic mass is 16.5. The van der Waals surface area contributed by atoms with Gasteiger partial charge in [-0.05, 0) is 63.6 Å². The van der Waals surface area contributed by atoms with Crippen molar-refractivity contribution in [1.82, 2.24) is 14.5 Å². The lowest BCUT2D eigenvalue weighted by atomic mass is 9.83. The van der Waals surface area contributed by atoms with E-state index in [0.29, 0.717) is 55.7 Å². The van der Waals surface area contributed by atoms with E-state index in [0.717, 1.165) is 10.1 Å². The van der Waals surface area contributed by atoms with Crippen LogP contribution in [-0.4, -0.2) is 75.1 Å². The van der Waals surface area contributed by atoms with Crippen LogP contribution in [-0.2, 0) is 16.1 Å². The number of aromatic hydroxyl groups is 2. The van der Waals surface area contributed by atoms with Crippen LogP contribution in [0.25, 0.3) is 0 Å². The van der Waals surface area contributed by atoms with E-state index >= 15 is 0 Å². The molecule has 10 heteroatoms. The number of amides is 2. The van der Waals surface area contributed by atoms with Gasteiger partial charge in [-0.3, -0.25) is 14.2 Å². The molecule has 37 heavy (non-hydrogen) atoms. The van der Waals surface area contributed by atoms with E-state index in [1.165, 1.54) is 25.0 Å². The molecule has 0 bridgehead atoms. The standard InChI is InChI=1S/C27H34N4O6/c1-27(2)25(18-6-7-20(36-3)21(14-18)37-16-17-4-5-17)28-31(26(27)35)19-10-12-29(13-11-19)24(34)15-30-22(32)8-9-23(30)33/h6-9,14,17,19,32-33H,4-5,10-13,15-16H2,1-3H3. The number of benzene rings is 1. The topological polar surface area (TPSA) is 117 Å². The van der Waals surface area contributed by atoms with Gasteiger partial charge in [-0.15, -0.1) is 0 Å². The van der Waals surface area contributed by atoms with E-state index in [9.17, 15) is 19.8 Å². The second-order valence-electron chi connectivity index (χ2n) is 10.6. The number of likely N-dealkylation sites (tertiary alicyclic amines) is 1. The third kappa shape index (κ3) is 4.84. The van der Waals surface area contributed by atoms with Crippen molar-refractivity contribution in [3.8, 4) is 23.3 Å². The second kappa shape index (κ2) is 9.64. The smallest absolute Gasteiger partial charge is 0.254 e. The molecule has 3 aliphatic rings. The molecule has 1 saturated carbocycles. The van der Waals surface area contributed by atoms with Crippen molar-refractivity contribution in [2.24, 2.45) is 16.4 Å². The minimum absolute atomic E-state index is 0.0641. The maximum atomic E-state index is 13.5. The van der Waals surface area contributed by atoms with E-state index in [-0.39, 0.29) is 36.2 Å². The highest BCUT2D eigenvalue weighted by molar-refractivity contribution is 6.19. The van der Waals surface area contributed by atoms with Crippen LogP contribution < -0.4 is 9.47 Å². The molecule has 2 aromatic rings. The number of rotatable bonds is 8. The Bertz CT molecular complexity index is 1200. The van der Waals surface area contributed by atoms with Gasteiger partial charge in [0.15, 0.2) is 23.3 Å². The predicted molar refractivity (Wildman–Crippen MR) is 136 cm³/mol. The molecule has 198 valence electrons. The maximum absolute atomic E-state index is 13.5. The van der Waals surface area contributed by atoms with Gasteiger partial charge in [0.25, 0.3) is 5.91 Å². The quantitative estimate of drug-likeness (QED) is 0.564. The molecule has 1 aliphatic carbocycles. The molecule has 5 rings (SSSR count). The number of aromatic nitrogens is 1. The molecule has 0 radical (unpaired) electrons. The van der Waals surface area contributed by atoms with Gasteiger partial charge in [-0.1, -0.05) is 0 Å². The Morgan fingerprint density at radius 1 is 1.05 bits per heavy atom. The Hall–Kier alpha value is -3.69. The van der Waals surface area contributed by atoms with Crippen molar-refractivity contribution in [3.63, 3.8) is 0 Å². The van der Waals surface area contributed by atoms with Crippen LogP contribution >= 0.6 is 0 Å². The molecule has 0 atom stereocenters. The number of hydrazone groups is 1. The summed E-state index contributed by atoms with van der Waals surface area (Å²) < 4.78 is 12.7. The van der Waals surface area contributed by atoms with Crippen LogP contribution in [0.4, 0.5) is 0 Å². The minimum atomic E-state index is -0.807. The van der Waals surface area contributed by atoms with Gasteiger partial charge in [0.1, 0.15) is 6.54 Å². The first kappa shape index (κ1) is 25.0. The number of nitrogens with zero attached hydrogens (tertiary/aromatic N) is 4. The van der Waals surface area contributed by atoms with E-state index in [4.69, 9.17) is 14.6 Å². The number of hydrogen-bond acceptors (Lipinski definition) is 7. The largest absolute Gasteiger partial charge is 0.494 e. The molecule has 2 aliphatic heterocycles. The molecule has 1 saturated heterocycles. The lowest BCUT2D eigenvalue weighted by Crippen LogP contribution is -2.48. The van der Waals surface area contributed by atoms with E-state index in [2.05, 4.69) is 0 Å². The fraction of sp³-hybridized carbons (Fsp3) is 0.519. The molecule has 2 fully saturated rings. The van der Waals surface area contributed by atoms with Crippen LogP contribution in [0.3, 0.4) is 0 Å². The zero-order chi connectivity index (χ0) is 26.3. The number of hydrogen-bond donors (Lipinski definition) is 2. The lowest BCUT2D eigenvalue weighted by Gasteiger charge is -2.35. The molecular formula is C27H34N4O6. The van der Waals surface area contributed by atoms with Gasteiger partial charge in [0.2, 0.25) is 5.91 Å². The van der Waals surface area contributed by atoms with Gasteiger partial charge in [-0.2, -0.15) is 5.10 Å². The first-order valence-corrected chi connectivity index (χ1v) is 12.8. The molecular weight excluding hydrogens is 476 g/mol. The minimum Gasteiger partial charge on any atom is -0.494 e. The number of methoxy groups -OCH3 is 1. The summed E-state index contributed by atoms with van der Waals surface area (Å²) in [5.41, 5.74) is 0.707. The Kier molecular flexibility index (Phi) is 6.51. The van der Waals surface area contributed by atoms with Crippen LogP contribution in [0.2, 0.25) is 0 Å². The van der Waals surface area contributed by atoms with E-state index in [1.54, 1.807) is 17.0 Å². The fourth-order valence-corrected chi connectivity index (χ4v) is 4.96. The number of carbonyl (C=O) groups is 2. The summed E-state index contributed by atoms with van der Waals surface area (Å²) in [5, 5.41) is 26.0. The fourth-order valence-electron chi connectivity index (χ4n) is 4.96. The van der Waals surface area contributed by atoms with Crippen molar-refractivity contribution in [3.05, 3.63) is 35.9 Å². The Balaban J connectivity index is 1.28. The van der Waals surface area contributed by atoms with Gasteiger partial charge in [0, 0.05) is 30.8 Å². The predicted octanol–water partition coefficient (Wildman–Crippen LogP) is 2.96. The van der Waals surface area contributed by atoms with Crippen molar-refractivity contribution >= 4 is 17.5 Å². The summed E-state index contributed by atoms with van der Waals surface area (Å²) in [6.45, 7) is 5.21. The van der Waals surface area contributed by atoms with Crippen molar-refractivity contribution in [1.29, 1.82) is 0 Å². The molecule has 0 spiro atoms. The Morgan fingerprint density at radius 3 is 2.35 bits per heavy atom. The summed E-state index contributed by atoms with van der Waals surface area (Å²) in [6, 6.07) is 8.24. The number of piperidine rings is 1. The summed E-state index contributed by atoms with van der Waals surface area (Å²) in [6.07, 6.45) is 3.55. The van der Waals surface area contributed by atoms with E-state index in [1.807, 2.05) is 32.0 Å². The highest BCUT2D eigenvalue weighted by Crippen LogP contribution is 2.38. The van der Waals surface area contributed by atoms with Crippen LogP contribution in [0.15, 0.2) is 35.4 Å². The summed E-state index contributed by atoms with van der Waals surface area (Å²) in [4.78, 5) is 27.9. The first-order chi connectivity index (χ1) is 17.7. The molecule has 10 nitrogen and oxygen atoms in total. The van der Waals surface area contributed by atoms with Crippen molar-refractivity contribution in [2.45, 2.75) is 52.1 Å². The summed E-state index contributed by atoms with van der Waals surface area (Å²) in [7, 11) is 1.61. The number of ether oxygens (including phenoxy) is 2. The Labute approximate surface area is 216 Å². The third-order valence-corrected chi connectivity index (χ3v) is 7.54. The molecule has 3 heterocycles. The zero-order valence-corrected chi connectivity index (χ0v) is 21.5. The monoisotopic (exact) mass is 510 g/mol. The SMILES string of the molecule is COc1ccc(C2=NN(C3CCN(C(=O)Cn4c(O)ccc4O)CC3)C(=O)C2(C)C)cc1OCC1CC1. The average molecular weight is 511 g/mol. The summed E-state index contributed by atoms with van der Waals surface area (Å²) >= 11 is 0. The molecule has 2 amide bonds. The first-order valence-electron chi connectivity index (χ1n) is 12.8. The van der Waals surface area contributed by atoms with Crippen LogP contribution in [0.5, 0.6) is 23.3 Å². The maximum Gasteiger partial charge on any atom is 0.254 e. The average Bonchev–Trinajstić information content (AvgIpc) is 3.63. The second-order valence-corrected chi connectivity index (χ2v) is 10.6. The lowest BCUT2D eigenvalue weighted by molar-refractivity contribution is -0.139. The van der Waals surface area contributed by atoms with Gasteiger partial charge in [0.05, 0.1) is 30.9 Å². The van der Waals surface area contributed by atoms with Gasteiger partial charge >= 0.3 is 0 Å².